The lowest BCUT2D eigenvalue weighted by atomic mass is 9.59. The predicted molar refractivity (Wildman–Crippen MR) is 157 cm³/mol. The van der Waals surface area contributed by atoms with Crippen LogP contribution in [0.4, 0.5) is 5.69 Å². The quantitative estimate of drug-likeness (QED) is 0.348. The van der Waals surface area contributed by atoms with Gasteiger partial charge in [0.05, 0.1) is 6.04 Å². The van der Waals surface area contributed by atoms with Crippen LogP contribution in [0.1, 0.15) is 47.9 Å². The summed E-state index contributed by atoms with van der Waals surface area (Å²) in [5.41, 5.74) is 1.85. The Hall–Kier alpha value is -2.58. The molecule has 3 heterocycles. The van der Waals surface area contributed by atoms with Crippen molar-refractivity contribution in [2.75, 3.05) is 25.5 Å². The van der Waals surface area contributed by atoms with Crippen molar-refractivity contribution in [1.82, 2.24) is 10.2 Å². The standard InChI is InChI=1S/C30H28BrCl2N3O3/c1-36-11-9-21(10-12-36)39-26-8-5-18(31)14-22(26)24-16-27(37)35-28(17-3-2-4-19(32)13-17)30(24)23-7-6-20(33)15-25(23)34-29(30)38/h2-8,13-15,21,24,28H,9-12,16H2,1H3,(H,34,38)(H,35,37)/t24-,28+,30-/m1/s1. The second-order valence-electron chi connectivity index (χ2n) is 10.6. The predicted octanol–water partition coefficient (Wildman–Crippen LogP) is 6.46. The van der Waals surface area contributed by atoms with E-state index in [4.69, 9.17) is 27.9 Å². The maximum absolute atomic E-state index is 14.3. The fourth-order valence-electron chi connectivity index (χ4n) is 6.41. The highest BCUT2D eigenvalue weighted by Crippen LogP contribution is 2.59. The molecule has 2 amide bonds. The van der Waals surface area contributed by atoms with E-state index in [9.17, 15) is 9.59 Å². The van der Waals surface area contributed by atoms with Crippen LogP contribution in [0.25, 0.3) is 0 Å². The number of fused-ring (bicyclic) bond motifs is 2. The number of halogens is 3. The number of likely N-dealkylation sites (tertiary alicyclic amines) is 1. The van der Waals surface area contributed by atoms with Crippen molar-refractivity contribution < 1.29 is 14.3 Å². The number of carbonyl (C=O) groups excluding carboxylic acids is 2. The summed E-state index contributed by atoms with van der Waals surface area (Å²) in [6.45, 7) is 1.92. The van der Waals surface area contributed by atoms with Crippen LogP contribution in [0.2, 0.25) is 10.0 Å². The smallest absolute Gasteiger partial charge is 0.238 e. The van der Waals surface area contributed by atoms with Crippen LogP contribution in [0.15, 0.2) is 65.1 Å². The number of hydrogen-bond acceptors (Lipinski definition) is 4. The molecular weight excluding hydrogens is 601 g/mol. The third-order valence-electron chi connectivity index (χ3n) is 8.24. The molecule has 0 aliphatic carbocycles. The number of rotatable bonds is 4. The third-order valence-corrected chi connectivity index (χ3v) is 9.20. The summed E-state index contributed by atoms with van der Waals surface area (Å²) < 4.78 is 7.48. The Balaban J connectivity index is 1.55. The van der Waals surface area contributed by atoms with Crippen LogP contribution in [0.5, 0.6) is 5.75 Å². The molecule has 2 saturated heterocycles. The molecule has 0 aromatic heterocycles. The lowest BCUT2D eigenvalue weighted by Crippen LogP contribution is -2.56. The summed E-state index contributed by atoms with van der Waals surface area (Å²) in [4.78, 5) is 30.0. The molecule has 3 aromatic rings. The molecule has 6 nitrogen and oxygen atoms in total. The Labute approximate surface area is 246 Å². The van der Waals surface area contributed by atoms with Gasteiger partial charge in [-0.25, -0.2) is 0 Å². The van der Waals surface area contributed by atoms with Gasteiger partial charge in [0.25, 0.3) is 0 Å². The first-order chi connectivity index (χ1) is 18.8. The van der Waals surface area contributed by atoms with Crippen molar-refractivity contribution in [3.63, 3.8) is 0 Å². The van der Waals surface area contributed by atoms with E-state index >= 15 is 0 Å². The number of benzene rings is 3. The van der Waals surface area contributed by atoms with E-state index in [2.05, 4.69) is 38.5 Å². The third kappa shape index (κ3) is 4.73. The van der Waals surface area contributed by atoms with Gasteiger partial charge in [0.15, 0.2) is 0 Å². The number of nitrogens with zero attached hydrogens (tertiary/aromatic N) is 1. The molecule has 3 aliphatic heterocycles. The Kier molecular flexibility index (Phi) is 7.12. The summed E-state index contributed by atoms with van der Waals surface area (Å²) in [6, 6.07) is 18.0. The number of carbonyl (C=O) groups is 2. The molecule has 0 bridgehead atoms. The Morgan fingerprint density at radius 1 is 1.00 bits per heavy atom. The molecule has 39 heavy (non-hydrogen) atoms. The topological polar surface area (TPSA) is 70.7 Å². The summed E-state index contributed by atoms with van der Waals surface area (Å²) >= 11 is 16.4. The van der Waals surface area contributed by atoms with Crippen molar-refractivity contribution in [2.45, 2.75) is 42.7 Å². The average Bonchev–Trinajstić information content (AvgIpc) is 3.18. The second-order valence-corrected chi connectivity index (χ2v) is 12.4. The molecule has 202 valence electrons. The van der Waals surface area contributed by atoms with Gasteiger partial charge in [0.1, 0.15) is 17.3 Å². The zero-order valence-electron chi connectivity index (χ0n) is 21.3. The number of nitrogens with one attached hydrogen (secondary N) is 2. The van der Waals surface area contributed by atoms with Crippen molar-refractivity contribution in [1.29, 1.82) is 0 Å². The summed E-state index contributed by atoms with van der Waals surface area (Å²) in [5, 5.41) is 7.29. The van der Waals surface area contributed by atoms with E-state index < -0.39 is 17.4 Å². The van der Waals surface area contributed by atoms with E-state index in [1.807, 2.05) is 42.5 Å². The molecule has 2 N–H and O–H groups in total. The monoisotopic (exact) mass is 627 g/mol. The van der Waals surface area contributed by atoms with Crippen molar-refractivity contribution >= 4 is 56.6 Å². The molecule has 2 fully saturated rings. The SMILES string of the molecule is CN1CCC(Oc2ccc(Br)cc2[C@H]2CC(=O)N[C@@H](c3cccc(Cl)c3)[C@]23C(=O)Nc2cc(Cl)ccc23)CC1. The van der Waals surface area contributed by atoms with Crippen molar-refractivity contribution in [3.8, 4) is 5.75 Å². The molecule has 0 unspecified atom stereocenters. The summed E-state index contributed by atoms with van der Waals surface area (Å²) in [7, 11) is 2.12. The zero-order chi connectivity index (χ0) is 27.3. The van der Waals surface area contributed by atoms with Gasteiger partial charge in [0, 0.05) is 51.2 Å². The van der Waals surface area contributed by atoms with Crippen molar-refractivity contribution in [3.05, 3.63) is 91.9 Å². The van der Waals surface area contributed by atoms with Crippen LogP contribution in [-0.2, 0) is 15.0 Å². The second kappa shape index (κ2) is 10.4. The number of amides is 2. The lowest BCUT2D eigenvalue weighted by Gasteiger charge is -2.47. The highest BCUT2D eigenvalue weighted by atomic mass is 79.9. The van der Waals surface area contributed by atoms with Gasteiger partial charge in [-0.05, 0) is 73.5 Å². The normalized spacial score (nSPS) is 25.3. The average molecular weight is 629 g/mol. The molecule has 0 saturated carbocycles. The van der Waals surface area contributed by atoms with Crippen LogP contribution < -0.4 is 15.4 Å². The van der Waals surface area contributed by atoms with Gasteiger partial charge in [-0.3, -0.25) is 9.59 Å². The lowest BCUT2D eigenvalue weighted by molar-refractivity contribution is -0.131. The van der Waals surface area contributed by atoms with E-state index in [1.165, 1.54) is 0 Å². The molecule has 1 spiro atoms. The van der Waals surface area contributed by atoms with Gasteiger partial charge >= 0.3 is 0 Å². The Morgan fingerprint density at radius 3 is 2.54 bits per heavy atom. The van der Waals surface area contributed by atoms with Gasteiger partial charge < -0.3 is 20.3 Å². The minimum absolute atomic E-state index is 0.0571. The Bertz CT molecular complexity index is 1460. The fraction of sp³-hybridized carbons (Fsp3) is 0.333. The number of anilines is 1. The van der Waals surface area contributed by atoms with E-state index in [0.717, 1.165) is 47.1 Å². The molecule has 3 atom stereocenters. The molecule has 3 aromatic carbocycles. The van der Waals surface area contributed by atoms with Gasteiger partial charge in [0.2, 0.25) is 11.8 Å². The molecule has 6 rings (SSSR count). The minimum atomic E-state index is -1.16. The minimum Gasteiger partial charge on any atom is -0.490 e. The zero-order valence-corrected chi connectivity index (χ0v) is 24.4. The largest absolute Gasteiger partial charge is 0.490 e. The van der Waals surface area contributed by atoms with Crippen LogP contribution in [-0.4, -0.2) is 43.0 Å². The van der Waals surface area contributed by atoms with Crippen LogP contribution in [0.3, 0.4) is 0 Å². The van der Waals surface area contributed by atoms with Crippen LogP contribution >= 0.6 is 39.1 Å². The number of hydrogen-bond donors (Lipinski definition) is 2. The number of ether oxygens (including phenoxy) is 1. The first-order valence-corrected chi connectivity index (χ1v) is 14.6. The van der Waals surface area contributed by atoms with E-state index in [-0.39, 0.29) is 24.3 Å². The summed E-state index contributed by atoms with van der Waals surface area (Å²) in [5.74, 6) is -0.153. The first kappa shape index (κ1) is 26.6. The summed E-state index contributed by atoms with van der Waals surface area (Å²) in [6.07, 6.45) is 2.00. The maximum atomic E-state index is 14.3. The highest BCUT2D eigenvalue weighted by Gasteiger charge is 2.61. The van der Waals surface area contributed by atoms with Gasteiger partial charge in [-0.15, -0.1) is 0 Å². The Morgan fingerprint density at radius 2 is 1.77 bits per heavy atom. The first-order valence-electron chi connectivity index (χ1n) is 13.1. The van der Waals surface area contributed by atoms with Gasteiger partial charge in [-0.2, -0.15) is 0 Å². The fourth-order valence-corrected chi connectivity index (χ4v) is 7.16. The van der Waals surface area contributed by atoms with E-state index in [1.54, 1.807) is 18.2 Å². The van der Waals surface area contributed by atoms with Crippen molar-refractivity contribution in [2.24, 2.45) is 0 Å². The van der Waals surface area contributed by atoms with E-state index in [0.29, 0.717) is 21.5 Å². The van der Waals surface area contributed by atoms with Gasteiger partial charge in [-0.1, -0.05) is 57.3 Å². The maximum Gasteiger partial charge on any atom is 0.238 e. The molecule has 9 heteroatoms. The molecule has 0 radical (unpaired) electrons. The van der Waals surface area contributed by atoms with Crippen LogP contribution in [0, 0.1) is 0 Å². The molecule has 3 aliphatic rings. The number of piperidine rings is 2. The molecular formula is C30H28BrCl2N3O3. The highest BCUT2D eigenvalue weighted by molar-refractivity contribution is 9.10.